The summed E-state index contributed by atoms with van der Waals surface area (Å²) in [6, 6.07) is 1.78. The minimum Gasteiger partial charge on any atom is -0.351 e. The second kappa shape index (κ2) is 5.98. The van der Waals surface area contributed by atoms with Crippen LogP contribution in [0.15, 0.2) is 18.5 Å². The quantitative estimate of drug-likeness (QED) is 0.862. The summed E-state index contributed by atoms with van der Waals surface area (Å²) in [4.78, 5) is 15.8. The lowest BCUT2D eigenvalue weighted by Crippen LogP contribution is -2.23. The van der Waals surface area contributed by atoms with Gasteiger partial charge in [0.25, 0.3) is 5.91 Å². The van der Waals surface area contributed by atoms with Gasteiger partial charge in [0.2, 0.25) is 0 Å². The fourth-order valence-corrected chi connectivity index (χ4v) is 1.46. The van der Waals surface area contributed by atoms with Crippen molar-refractivity contribution in [3.05, 3.63) is 29.7 Å². The molecule has 0 aromatic carbocycles. The van der Waals surface area contributed by atoms with Gasteiger partial charge in [0.15, 0.2) is 11.3 Å². The molecule has 0 saturated heterocycles. The van der Waals surface area contributed by atoms with Crippen LogP contribution in [0.4, 0.5) is 0 Å². The van der Waals surface area contributed by atoms with E-state index in [1.807, 2.05) is 27.7 Å². The van der Waals surface area contributed by atoms with Crippen LogP contribution < -0.4 is 5.32 Å². The minimum atomic E-state index is -0.152. The zero-order valence-electron chi connectivity index (χ0n) is 10.7. The normalized spacial score (nSPS) is 9.65. The molecule has 0 bridgehead atoms. The predicted molar refractivity (Wildman–Crippen MR) is 67.1 cm³/mol. The maximum atomic E-state index is 11.6. The van der Waals surface area contributed by atoms with Crippen LogP contribution >= 0.6 is 0 Å². The van der Waals surface area contributed by atoms with Gasteiger partial charge in [-0.25, -0.2) is 9.50 Å². The van der Waals surface area contributed by atoms with Crippen LogP contribution in [0, 0.1) is 6.92 Å². The molecule has 5 heteroatoms. The van der Waals surface area contributed by atoms with Crippen molar-refractivity contribution in [3.63, 3.8) is 0 Å². The molecule has 1 N–H and O–H groups in total. The van der Waals surface area contributed by atoms with Crippen molar-refractivity contribution in [1.82, 2.24) is 19.9 Å². The summed E-state index contributed by atoms with van der Waals surface area (Å²) in [5.74, 6) is -0.152. The van der Waals surface area contributed by atoms with E-state index in [1.54, 1.807) is 23.0 Å². The summed E-state index contributed by atoms with van der Waals surface area (Å²) >= 11 is 0. The minimum absolute atomic E-state index is 0.152. The molecule has 0 atom stereocenters. The molecule has 0 radical (unpaired) electrons. The lowest BCUT2D eigenvalue weighted by atomic mass is 10.2. The summed E-state index contributed by atoms with van der Waals surface area (Å²) in [6.45, 7) is 8.32. The Balaban J connectivity index is 0.000000686. The Morgan fingerprint density at radius 1 is 1.47 bits per heavy atom. The third kappa shape index (κ3) is 2.61. The number of hydrogen-bond acceptors (Lipinski definition) is 3. The zero-order valence-corrected chi connectivity index (χ0v) is 10.7. The van der Waals surface area contributed by atoms with Crippen molar-refractivity contribution in [2.45, 2.75) is 27.7 Å². The number of carbonyl (C=O) groups is 1. The molecule has 0 fully saturated rings. The van der Waals surface area contributed by atoms with Gasteiger partial charge in [-0.2, -0.15) is 5.10 Å². The average Bonchev–Trinajstić information content (AvgIpc) is 2.70. The first-order valence-corrected chi connectivity index (χ1v) is 5.82. The zero-order chi connectivity index (χ0) is 12.8. The van der Waals surface area contributed by atoms with Gasteiger partial charge < -0.3 is 5.32 Å². The number of aryl methyl sites for hydroxylation is 1. The van der Waals surface area contributed by atoms with Gasteiger partial charge in [0, 0.05) is 24.5 Å². The predicted octanol–water partition coefficient (Wildman–Crippen LogP) is 1.81. The fraction of sp³-hybridized carbons (Fsp3) is 0.417. The number of carbonyl (C=O) groups excluding carboxylic acids is 1. The Morgan fingerprint density at radius 2 is 2.18 bits per heavy atom. The van der Waals surface area contributed by atoms with Gasteiger partial charge in [-0.05, 0) is 19.9 Å². The molecule has 17 heavy (non-hydrogen) atoms. The van der Waals surface area contributed by atoms with Gasteiger partial charge in [-0.1, -0.05) is 13.8 Å². The van der Waals surface area contributed by atoms with Crippen LogP contribution in [-0.2, 0) is 0 Å². The van der Waals surface area contributed by atoms with E-state index in [-0.39, 0.29) is 5.91 Å². The van der Waals surface area contributed by atoms with Crippen LogP contribution in [0.25, 0.3) is 5.65 Å². The Hall–Kier alpha value is -1.91. The Morgan fingerprint density at radius 3 is 2.76 bits per heavy atom. The van der Waals surface area contributed by atoms with Crippen molar-refractivity contribution < 1.29 is 4.79 Å². The number of nitrogens with one attached hydrogen (secondary N) is 1. The van der Waals surface area contributed by atoms with Gasteiger partial charge in [-0.15, -0.1) is 0 Å². The molecule has 0 aliphatic heterocycles. The summed E-state index contributed by atoms with van der Waals surface area (Å²) in [6.07, 6.45) is 3.46. The van der Waals surface area contributed by atoms with Crippen molar-refractivity contribution in [2.75, 3.05) is 6.54 Å². The van der Waals surface area contributed by atoms with E-state index in [2.05, 4.69) is 15.4 Å². The number of fused-ring (bicyclic) bond motifs is 1. The number of nitrogens with zero attached hydrogens (tertiary/aromatic N) is 3. The van der Waals surface area contributed by atoms with Gasteiger partial charge >= 0.3 is 0 Å². The van der Waals surface area contributed by atoms with Crippen LogP contribution in [0.1, 0.15) is 36.8 Å². The van der Waals surface area contributed by atoms with E-state index in [1.165, 1.54) is 0 Å². The van der Waals surface area contributed by atoms with E-state index >= 15 is 0 Å². The maximum Gasteiger partial charge on any atom is 0.272 e. The SMILES string of the molecule is CC.CCNC(=O)c1nn2cccnc2c1C. The molecule has 2 heterocycles. The topological polar surface area (TPSA) is 59.3 Å². The maximum absolute atomic E-state index is 11.6. The van der Waals surface area contributed by atoms with Crippen molar-refractivity contribution >= 4 is 11.6 Å². The third-order valence-electron chi connectivity index (χ3n) is 2.18. The highest BCUT2D eigenvalue weighted by atomic mass is 16.1. The summed E-state index contributed by atoms with van der Waals surface area (Å²) < 4.78 is 1.61. The molecule has 92 valence electrons. The first-order chi connectivity index (χ1) is 8.24. The van der Waals surface area contributed by atoms with Gasteiger partial charge in [0.05, 0.1) is 0 Å². The van der Waals surface area contributed by atoms with Crippen LogP contribution in [0.5, 0.6) is 0 Å². The summed E-state index contributed by atoms with van der Waals surface area (Å²) in [5.41, 5.74) is 1.97. The number of rotatable bonds is 2. The highest BCUT2D eigenvalue weighted by Crippen LogP contribution is 2.11. The molecule has 0 saturated carbocycles. The number of aromatic nitrogens is 3. The Labute approximate surface area is 101 Å². The fourth-order valence-electron chi connectivity index (χ4n) is 1.46. The Kier molecular flexibility index (Phi) is 4.63. The van der Waals surface area contributed by atoms with E-state index in [0.29, 0.717) is 12.2 Å². The summed E-state index contributed by atoms with van der Waals surface area (Å²) in [5, 5.41) is 6.89. The lowest BCUT2D eigenvalue weighted by Gasteiger charge is -1.97. The molecule has 0 aliphatic carbocycles. The monoisotopic (exact) mass is 234 g/mol. The second-order valence-corrected chi connectivity index (χ2v) is 3.22. The first-order valence-electron chi connectivity index (χ1n) is 5.82. The van der Waals surface area contributed by atoms with Crippen LogP contribution in [0.2, 0.25) is 0 Å². The average molecular weight is 234 g/mol. The lowest BCUT2D eigenvalue weighted by molar-refractivity contribution is 0.0950. The molecule has 2 aromatic heterocycles. The highest BCUT2D eigenvalue weighted by molar-refractivity contribution is 5.95. The Bertz CT molecular complexity index is 504. The molecule has 0 spiro atoms. The van der Waals surface area contributed by atoms with Crippen molar-refractivity contribution in [2.24, 2.45) is 0 Å². The molecule has 2 rings (SSSR count). The van der Waals surface area contributed by atoms with Crippen molar-refractivity contribution in [3.8, 4) is 0 Å². The van der Waals surface area contributed by atoms with Gasteiger partial charge in [-0.3, -0.25) is 4.79 Å². The standard InChI is InChI=1S/C10H12N4O.C2H6/c1-3-11-10(15)8-7(2)9-12-5-4-6-14(9)13-8;1-2/h4-6H,3H2,1-2H3,(H,11,15);1-2H3. The second-order valence-electron chi connectivity index (χ2n) is 3.22. The van der Waals surface area contributed by atoms with E-state index in [0.717, 1.165) is 11.2 Å². The van der Waals surface area contributed by atoms with Crippen molar-refractivity contribution in [1.29, 1.82) is 0 Å². The van der Waals surface area contributed by atoms with E-state index in [4.69, 9.17) is 0 Å². The molecule has 1 amide bonds. The molecule has 2 aromatic rings. The smallest absolute Gasteiger partial charge is 0.272 e. The molecule has 5 nitrogen and oxygen atoms in total. The third-order valence-corrected chi connectivity index (χ3v) is 2.18. The van der Waals surface area contributed by atoms with Crippen LogP contribution in [0.3, 0.4) is 0 Å². The van der Waals surface area contributed by atoms with Gasteiger partial charge in [0.1, 0.15) is 0 Å². The molecular weight excluding hydrogens is 216 g/mol. The molecule has 0 aliphatic rings. The highest BCUT2D eigenvalue weighted by Gasteiger charge is 2.15. The molecular formula is C12H18N4O. The van der Waals surface area contributed by atoms with E-state index in [9.17, 15) is 4.79 Å². The van der Waals surface area contributed by atoms with E-state index < -0.39 is 0 Å². The molecule has 0 unspecified atom stereocenters. The first kappa shape index (κ1) is 13.2. The largest absolute Gasteiger partial charge is 0.351 e. The summed E-state index contributed by atoms with van der Waals surface area (Å²) in [7, 11) is 0. The number of hydrogen-bond donors (Lipinski definition) is 1. The number of amides is 1. The van der Waals surface area contributed by atoms with Crippen LogP contribution in [-0.4, -0.2) is 27.0 Å².